The highest BCUT2D eigenvalue weighted by molar-refractivity contribution is 9.10. The first-order chi connectivity index (χ1) is 9.25. The molecule has 0 aliphatic carbocycles. The molecule has 1 rings (SSSR count). The Morgan fingerprint density at radius 3 is 2.14 bits per heavy atom. The van der Waals surface area contributed by atoms with E-state index in [1.807, 2.05) is 33.9 Å². The van der Waals surface area contributed by atoms with Gasteiger partial charge in [-0.05, 0) is 36.3 Å². The Bertz CT molecular complexity index is 548. The van der Waals surface area contributed by atoms with Crippen LogP contribution in [0.3, 0.4) is 0 Å². The van der Waals surface area contributed by atoms with Gasteiger partial charge in [0.1, 0.15) is 5.75 Å². The molecule has 0 aromatic heterocycles. The molecule has 0 saturated carbocycles. The Morgan fingerprint density at radius 2 is 1.71 bits per heavy atom. The van der Waals surface area contributed by atoms with E-state index >= 15 is 0 Å². The first kappa shape index (κ1) is 18.2. The molecular formula is C14H18BrF3O2Si. The number of ketones is 1. The molecule has 0 bridgehead atoms. The van der Waals surface area contributed by atoms with Crippen molar-refractivity contribution in [3.05, 3.63) is 28.2 Å². The fourth-order valence-corrected chi connectivity index (χ4v) is 2.74. The lowest BCUT2D eigenvalue weighted by atomic mass is 10.1. The molecular weight excluding hydrogens is 365 g/mol. The topological polar surface area (TPSA) is 26.3 Å². The number of benzene rings is 1. The highest BCUT2D eigenvalue weighted by atomic mass is 79.9. The molecule has 0 spiro atoms. The van der Waals surface area contributed by atoms with Crippen molar-refractivity contribution in [3.63, 3.8) is 0 Å². The van der Waals surface area contributed by atoms with Crippen molar-refractivity contribution in [2.45, 2.75) is 45.1 Å². The van der Waals surface area contributed by atoms with Gasteiger partial charge >= 0.3 is 6.18 Å². The van der Waals surface area contributed by atoms with Crippen LogP contribution in [0.1, 0.15) is 31.1 Å². The summed E-state index contributed by atoms with van der Waals surface area (Å²) >= 11 is 3.09. The maximum Gasteiger partial charge on any atom is 0.455 e. The highest BCUT2D eigenvalue weighted by Gasteiger charge is 2.43. The van der Waals surface area contributed by atoms with Gasteiger partial charge in [-0.15, -0.1) is 0 Å². The maximum atomic E-state index is 12.7. The highest BCUT2D eigenvalue weighted by Crippen LogP contribution is 2.39. The van der Waals surface area contributed by atoms with Crippen molar-refractivity contribution in [1.82, 2.24) is 0 Å². The number of carbonyl (C=O) groups is 1. The zero-order valence-electron chi connectivity index (χ0n) is 12.6. The van der Waals surface area contributed by atoms with Gasteiger partial charge in [-0.1, -0.05) is 36.7 Å². The molecule has 0 radical (unpaired) electrons. The van der Waals surface area contributed by atoms with Crippen LogP contribution in [0.25, 0.3) is 0 Å². The summed E-state index contributed by atoms with van der Waals surface area (Å²) in [6, 6.07) is 4.12. The van der Waals surface area contributed by atoms with Gasteiger partial charge in [0, 0.05) is 4.47 Å². The third-order valence-corrected chi connectivity index (χ3v) is 8.45. The Hall–Kier alpha value is -0.823. The van der Waals surface area contributed by atoms with E-state index in [9.17, 15) is 18.0 Å². The lowest BCUT2D eigenvalue weighted by Gasteiger charge is -2.37. The van der Waals surface area contributed by atoms with E-state index in [1.54, 1.807) is 6.07 Å². The summed E-state index contributed by atoms with van der Waals surface area (Å²) in [6.45, 7) is 9.75. The van der Waals surface area contributed by atoms with Gasteiger partial charge in [-0.25, -0.2) is 0 Å². The first-order valence-electron chi connectivity index (χ1n) is 6.36. The number of halogens is 4. The fraction of sp³-hybridized carbons (Fsp3) is 0.500. The number of hydrogen-bond acceptors (Lipinski definition) is 2. The molecule has 0 amide bonds. The Labute approximate surface area is 131 Å². The van der Waals surface area contributed by atoms with E-state index in [4.69, 9.17) is 4.43 Å². The molecule has 21 heavy (non-hydrogen) atoms. The molecule has 0 heterocycles. The van der Waals surface area contributed by atoms with Crippen molar-refractivity contribution < 1.29 is 22.4 Å². The second-order valence-corrected chi connectivity index (χ2v) is 12.0. The van der Waals surface area contributed by atoms with E-state index in [0.29, 0.717) is 4.47 Å². The SMILES string of the molecule is CC(C)(C)[Si](C)(C)Oc1ccc(Br)cc1C(=O)C(F)(F)F. The van der Waals surface area contributed by atoms with Gasteiger partial charge in [-0.3, -0.25) is 4.79 Å². The normalized spacial score (nSPS) is 13.2. The largest absolute Gasteiger partial charge is 0.543 e. The summed E-state index contributed by atoms with van der Waals surface area (Å²) in [7, 11) is -2.33. The number of rotatable bonds is 3. The molecule has 0 fully saturated rings. The second-order valence-electron chi connectivity index (χ2n) is 6.33. The minimum atomic E-state index is -4.92. The summed E-state index contributed by atoms with van der Waals surface area (Å²) in [5.74, 6) is -1.90. The Balaban J connectivity index is 3.30. The standard InChI is InChI=1S/C14H18BrF3O2Si/c1-13(2,3)21(4,5)20-11-7-6-9(15)8-10(11)12(19)14(16,17)18/h6-8H,1-5H3. The number of hydrogen-bond donors (Lipinski definition) is 0. The van der Waals surface area contributed by atoms with Crippen molar-refractivity contribution in [1.29, 1.82) is 0 Å². The van der Waals surface area contributed by atoms with Gasteiger partial charge < -0.3 is 4.43 Å². The van der Waals surface area contributed by atoms with Crippen molar-refractivity contribution in [3.8, 4) is 5.75 Å². The summed E-state index contributed by atoms with van der Waals surface area (Å²) in [6.07, 6.45) is -4.92. The quantitative estimate of drug-likeness (QED) is 0.503. The van der Waals surface area contributed by atoms with Crippen LogP contribution in [-0.4, -0.2) is 20.3 Å². The third kappa shape index (κ3) is 4.32. The predicted octanol–water partition coefficient (Wildman–Crippen LogP) is 5.58. The molecule has 0 unspecified atom stereocenters. The molecule has 2 nitrogen and oxygen atoms in total. The molecule has 0 aliphatic rings. The lowest BCUT2D eigenvalue weighted by molar-refractivity contribution is -0.0886. The average molecular weight is 383 g/mol. The zero-order valence-corrected chi connectivity index (χ0v) is 15.1. The Morgan fingerprint density at radius 1 is 1.19 bits per heavy atom. The molecule has 7 heteroatoms. The van der Waals surface area contributed by atoms with Crippen molar-refractivity contribution >= 4 is 30.0 Å². The maximum absolute atomic E-state index is 12.7. The van der Waals surface area contributed by atoms with Crippen LogP contribution < -0.4 is 4.43 Å². The summed E-state index contributed by atoms with van der Waals surface area (Å²) in [5.41, 5.74) is -0.457. The van der Waals surface area contributed by atoms with E-state index in [-0.39, 0.29) is 10.8 Å². The van der Waals surface area contributed by atoms with Crippen molar-refractivity contribution in [2.24, 2.45) is 0 Å². The van der Waals surface area contributed by atoms with E-state index < -0.39 is 25.8 Å². The lowest BCUT2D eigenvalue weighted by Crippen LogP contribution is -2.44. The number of alkyl halides is 3. The van der Waals surface area contributed by atoms with Gasteiger partial charge in [0.2, 0.25) is 0 Å². The predicted molar refractivity (Wildman–Crippen MR) is 82.4 cm³/mol. The van der Waals surface area contributed by atoms with Gasteiger partial charge in [0.05, 0.1) is 5.56 Å². The van der Waals surface area contributed by atoms with Crippen LogP contribution in [0.15, 0.2) is 22.7 Å². The van der Waals surface area contributed by atoms with Gasteiger partial charge in [-0.2, -0.15) is 13.2 Å². The second kappa shape index (κ2) is 5.76. The smallest absolute Gasteiger partial charge is 0.455 e. The summed E-state index contributed by atoms with van der Waals surface area (Å²) in [4.78, 5) is 11.6. The molecule has 0 aliphatic heterocycles. The average Bonchev–Trinajstić information content (AvgIpc) is 2.27. The molecule has 1 aromatic carbocycles. The van der Waals surface area contributed by atoms with Gasteiger partial charge in [0.25, 0.3) is 14.1 Å². The summed E-state index contributed by atoms with van der Waals surface area (Å²) in [5, 5.41) is -0.182. The molecule has 0 saturated heterocycles. The Kier molecular flexibility index (Phi) is 5.00. The van der Waals surface area contributed by atoms with Crippen LogP contribution >= 0.6 is 15.9 Å². The number of carbonyl (C=O) groups excluding carboxylic acids is 1. The third-order valence-electron chi connectivity index (χ3n) is 3.61. The first-order valence-corrected chi connectivity index (χ1v) is 10.1. The van der Waals surface area contributed by atoms with E-state index in [2.05, 4.69) is 15.9 Å². The molecule has 1 aromatic rings. The van der Waals surface area contributed by atoms with E-state index in [0.717, 1.165) is 6.07 Å². The van der Waals surface area contributed by atoms with Crippen molar-refractivity contribution in [2.75, 3.05) is 0 Å². The molecule has 0 N–H and O–H groups in total. The van der Waals surface area contributed by atoms with E-state index in [1.165, 1.54) is 6.07 Å². The molecule has 0 atom stereocenters. The van der Waals surface area contributed by atoms with Crippen LogP contribution in [0.5, 0.6) is 5.75 Å². The van der Waals surface area contributed by atoms with Crippen LogP contribution in [0, 0.1) is 0 Å². The van der Waals surface area contributed by atoms with Crippen LogP contribution in [0.2, 0.25) is 18.1 Å². The minimum Gasteiger partial charge on any atom is -0.543 e. The monoisotopic (exact) mass is 382 g/mol. The summed E-state index contributed by atoms with van der Waals surface area (Å²) < 4.78 is 44.4. The minimum absolute atomic E-state index is 0.00730. The van der Waals surface area contributed by atoms with Crippen LogP contribution in [0.4, 0.5) is 13.2 Å². The van der Waals surface area contributed by atoms with Crippen LogP contribution in [-0.2, 0) is 0 Å². The fourth-order valence-electron chi connectivity index (χ4n) is 1.35. The zero-order chi connectivity index (χ0) is 16.6. The molecule has 118 valence electrons. The number of Topliss-reactive ketones (excluding diaryl/α,β-unsaturated/α-hetero) is 1. The van der Waals surface area contributed by atoms with Gasteiger partial charge in [0.15, 0.2) is 0 Å².